The van der Waals surface area contributed by atoms with E-state index in [9.17, 15) is 21.6 Å². The molecule has 10 nitrogen and oxygen atoms in total. The molecule has 1 aliphatic heterocycles. The van der Waals surface area contributed by atoms with Crippen LogP contribution in [0.3, 0.4) is 0 Å². The minimum absolute atomic E-state index is 0.00281. The second-order valence-corrected chi connectivity index (χ2v) is 10.6. The van der Waals surface area contributed by atoms with Crippen LogP contribution in [0, 0.1) is 0 Å². The van der Waals surface area contributed by atoms with Gasteiger partial charge in [-0.05, 0) is 44.4 Å². The Morgan fingerprint density at radius 3 is 2.57 bits per heavy atom. The molecule has 0 spiro atoms. The lowest BCUT2D eigenvalue weighted by atomic mass is 10.2. The average molecular weight is 458 g/mol. The lowest BCUT2D eigenvalue weighted by Crippen LogP contribution is -2.35. The molecule has 0 radical (unpaired) electrons. The number of methoxy groups -OCH3 is 1. The molecule has 1 atom stereocenters. The monoisotopic (exact) mass is 457 g/mol. The van der Waals surface area contributed by atoms with Crippen LogP contribution in [0.15, 0.2) is 45.9 Å². The fraction of sp³-hybridized carbons (Fsp3) is 0.389. The summed E-state index contributed by atoms with van der Waals surface area (Å²) in [6, 6.07) is 6.86. The van der Waals surface area contributed by atoms with Gasteiger partial charge in [-0.2, -0.15) is 0 Å². The first-order valence-corrected chi connectivity index (χ1v) is 12.1. The van der Waals surface area contributed by atoms with Crippen molar-refractivity contribution in [2.75, 3.05) is 37.8 Å². The number of hydrogen-bond donors (Lipinski definition) is 1. The van der Waals surface area contributed by atoms with E-state index in [0.717, 1.165) is 6.07 Å². The first-order chi connectivity index (χ1) is 14.1. The minimum Gasteiger partial charge on any atom is -0.495 e. The molecule has 2 aromatic rings. The Kier molecular flexibility index (Phi) is 6.22. The predicted molar refractivity (Wildman–Crippen MR) is 109 cm³/mol. The fourth-order valence-corrected chi connectivity index (χ4v) is 5.83. The van der Waals surface area contributed by atoms with E-state index in [0.29, 0.717) is 10.1 Å². The smallest absolute Gasteiger partial charge is 0.244 e. The summed E-state index contributed by atoms with van der Waals surface area (Å²) >= 11 is 0. The highest BCUT2D eigenvalue weighted by molar-refractivity contribution is 7.94. The molecule has 1 aliphatic rings. The summed E-state index contributed by atoms with van der Waals surface area (Å²) in [5.41, 5.74) is -0.0473. The van der Waals surface area contributed by atoms with Crippen LogP contribution in [0.1, 0.15) is 18.2 Å². The van der Waals surface area contributed by atoms with Crippen molar-refractivity contribution in [3.05, 3.63) is 42.4 Å². The number of rotatable bonds is 8. The number of sulfonamides is 2. The third kappa shape index (κ3) is 4.36. The van der Waals surface area contributed by atoms with Gasteiger partial charge in [-0.1, -0.05) is 0 Å². The van der Waals surface area contributed by atoms with Crippen LogP contribution in [-0.2, 0) is 24.8 Å². The van der Waals surface area contributed by atoms with Crippen LogP contribution >= 0.6 is 0 Å². The van der Waals surface area contributed by atoms with Crippen molar-refractivity contribution in [1.29, 1.82) is 0 Å². The standard InChI is InChI=1S/C18H23N3O7S2/c1-20(2)14(15-5-4-9-28-15)12-19-30(25,26)17-11-13(6-7-16(17)27-3)21-18(22)8-10-29(21,23)24/h4-7,9,11,14,19H,8,10,12H2,1-3H3/t14-/m1/s1. The van der Waals surface area contributed by atoms with E-state index >= 15 is 0 Å². The van der Waals surface area contributed by atoms with Crippen molar-refractivity contribution in [3.63, 3.8) is 0 Å². The molecule has 1 aromatic carbocycles. The number of nitrogens with one attached hydrogen (secondary N) is 1. The summed E-state index contributed by atoms with van der Waals surface area (Å²) in [6.45, 7) is -0.00281. The van der Waals surface area contributed by atoms with E-state index in [1.807, 2.05) is 0 Å². The second-order valence-electron chi connectivity index (χ2n) is 6.91. The number of amides is 1. The number of likely N-dealkylation sites (N-methyl/N-ethyl adjacent to an activating group) is 1. The molecule has 30 heavy (non-hydrogen) atoms. The van der Waals surface area contributed by atoms with Crippen LogP contribution in [-0.4, -0.2) is 61.1 Å². The van der Waals surface area contributed by atoms with Crippen molar-refractivity contribution in [1.82, 2.24) is 9.62 Å². The van der Waals surface area contributed by atoms with E-state index in [2.05, 4.69) is 4.72 Å². The molecule has 0 unspecified atom stereocenters. The van der Waals surface area contributed by atoms with Gasteiger partial charge in [-0.25, -0.2) is 25.9 Å². The SMILES string of the molecule is COc1ccc(N2C(=O)CCS2(=O)=O)cc1S(=O)(=O)NC[C@H](c1ccco1)N(C)C. The van der Waals surface area contributed by atoms with Crippen LogP contribution in [0.5, 0.6) is 5.75 Å². The number of carbonyl (C=O) groups is 1. The van der Waals surface area contributed by atoms with Crippen molar-refractivity contribution in [2.24, 2.45) is 0 Å². The number of hydrogen-bond acceptors (Lipinski definition) is 8. The van der Waals surface area contributed by atoms with Crippen LogP contribution in [0.25, 0.3) is 0 Å². The Balaban J connectivity index is 1.94. The number of furan rings is 1. The van der Waals surface area contributed by atoms with E-state index in [-0.39, 0.29) is 41.1 Å². The molecule has 0 bridgehead atoms. The summed E-state index contributed by atoms with van der Waals surface area (Å²) in [6.07, 6.45) is 1.35. The highest BCUT2D eigenvalue weighted by atomic mass is 32.2. The number of ether oxygens (including phenoxy) is 1. The van der Waals surface area contributed by atoms with Gasteiger partial charge in [0.25, 0.3) is 0 Å². The van der Waals surface area contributed by atoms with Gasteiger partial charge in [0.05, 0.1) is 30.9 Å². The highest BCUT2D eigenvalue weighted by Crippen LogP contribution is 2.32. The Hall–Kier alpha value is -2.41. The Bertz CT molecular complexity index is 1130. The van der Waals surface area contributed by atoms with Crippen molar-refractivity contribution < 1.29 is 30.8 Å². The van der Waals surface area contributed by atoms with Gasteiger partial charge >= 0.3 is 0 Å². The maximum atomic E-state index is 13.0. The Labute approximate surface area is 175 Å². The molecular formula is C18H23N3O7S2. The first kappa shape index (κ1) is 22.3. The molecule has 1 amide bonds. The van der Waals surface area contributed by atoms with Crippen LogP contribution < -0.4 is 13.8 Å². The van der Waals surface area contributed by atoms with E-state index in [1.165, 1.54) is 25.5 Å². The molecule has 1 aromatic heterocycles. The predicted octanol–water partition coefficient (Wildman–Crippen LogP) is 0.936. The van der Waals surface area contributed by atoms with E-state index < -0.39 is 26.0 Å². The molecule has 2 heterocycles. The van der Waals surface area contributed by atoms with Crippen molar-refractivity contribution in [3.8, 4) is 5.75 Å². The number of nitrogens with zero attached hydrogens (tertiary/aromatic N) is 2. The number of benzene rings is 1. The number of anilines is 1. The van der Waals surface area contributed by atoms with Crippen molar-refractivity contribution >= 4 is 31.6 Å². The minimum atomic E-state index is -4.11. The number of carbonyl (C=O) groups excluding carboxylic acids is 1. The maximum absolute atomic E-state index is 13.0. The summed E-state index contributed by atoms with van der Waals surface area (Å²) in [7, 11) is -3.06. The third-order valence-electron chi connectivity index (χ3n) is 4.71. The normalized spacial score (nSPS) is 17.5. The van der Waals surface area contributed by atoms with E-state index in [4.69, 9.17) is 9.15 Å². The summed E-state index contributed by atoms with van der Waals surface area (Å²) < 4.78 is 64.1. The lowest BCUT2D eigenvalue weighted by Gasteiger charge is -2.23. The van der Waals surface area contributed by atoms with Gasteiger partial charge in [0.2, 0.25) is 26.0 Å². The van der Waals surface area contributed by atoms with Gasteiger partial charge < -0.3 is 9.15 Å². The van der Waals surface area contributed by atoms with E-state index in [1.54, 1.807) is 31.1 Å². The van der Waals surface area contributed by atoms with Gasteiger partial charge in [-0.15, -0.1) is 0 Å². The molecule has 1 N–H and O–H groups in total. The molecule has 0 saturated carbocycles. The second kappa shape index (κ2) is 8.38. The molecule has 0 aliphatic carbocycles. The van der Waals surface area contributed by atoms with Gasteiger partial charge in [-0.3, -0.25) is 9.69 Å². The Morgan fingerprint density at radius 1 is 1.30 bits per heavy atom. The zero-order valence-electron chi connectivity index (χ0n) is 16.7. The third-order valence-corrected chi connectivity index (χ3v) is 7.85. The summed E-state index contributed by atoms with van der Waals surface area (Å²) in [5, 5.41) is 0. The summed E-state index contributed by atoms with van der Waals surface area (Å²) in [5.74, 6) is -0.319. The highest BCUT2D eigenvalue weighted by Gasteiger charge is 2.37. The molecule has 1 fully saturated rings. The summed E-state index contributed by atoms with van der Waals surface area (Å²) in [4.78, 5) is 13.6. The largest absolute Gasteiger partial charge is 0.495 e. The van der Waals surface area contributed by atoms with Gasteiger partial charge in [0.15, 0.2) is 0 Å². The maximum Gasteiger partial charge on any atom is 0.244 e. The van der Waals surface area contributed by atoms with Crippen LogP contribution in [0.2, 0.25) is 0 Å². The first-order valence-electron chi connectivity index (χ1n) is 9.00. The Morgan fingerprint density at radius 2 is 2.03 bits per heavy atom. The molecule has 12 heteroatoms. The molecular weight excluding hydrogens is 434 g/mol. The average Bonchev–Trinajstić information content (AvgIpc) is 3.29. The van der Waals surface area contributed by atoms with Crippen LogP contribution in [0.4, 0.5) is 5.69 Å². The molecule has 1 saturated heterocycles. The van der Waals surface area contributed by atoms with Gasteiger partial charge in [0.1, 0.15) is 16.4 Å². The zero-order chi connectivity index (χ0) is 22.1. The lowest BCUT2D eigenvalue weighted by molar-refractivity contribution is -0.116. The van der Waals surface area contributed by atoms with Crippen molar-refractivity contribution in [2.45, 2.75) is 17.4 Å². The molecule has 3 rings (SSSR count). The zero-order valence-corrected chi connectivity index (χ0v) is 18.4. The molecule has 164 valence electrons. The fourth-order valence-electron chi connectivity index (χ4n) is 3.16. The van der Waals surface area contributed by atoms with Gasteiger partial charge in [0, 0.05) is 13.0 Å². The topological polar surface area (TPSA) is 126 Å². The quantitative estimate of drug-likeness (QED) is 0.621.